The molecule has 0 amide bonds. The molecule has 0 aliphatic rings. The van der Waals surface area contributed by atoms with E-state index in [9.17, 15) is 5.11 Å². The fraction of sp³-hybridized carbons (Fsp3) is 0.200. The minimum atomic E-state index is -0.956. The first kappa shape index (κ1) is 13.1. The fourth-order valence-electron chi connectivity index (χ4n) is 2.16. The highest BCUT2D eigenvalue weighted by molar-refractivity contribution is 6.29. The van der Waals surface area contributed by atoms with Crippen molar-refractivity contribution in [3.8, 4) is 0 Å². The highest BCUT2D eigenvalue weighted by Gasteiger charge is 2.20. The Morgan fingerprint density at radius 3 is 2.80 bits per heavy atom. The smallest absolute Gasteiger partial charge is 0.229 e. The van der Waals surface area contributed by atoms with Crippen molar-refractivity contribution in [3.63, 3.8) is 0 Å². The van der Waals surface area contributed by atoms with Crippen LogP contribution in [0.3, 0.4) is 0 Å². The number of aliphatic hydroxyl groups excluding tert-OH is 1. The molecule has 5 heteroatoms. The molecule has 1 aromatic carbocycles. The molecule has 102 valence electrons. The van der Waals surface area contributed by atoms with Gasteiger partial charge < -0.3 is 9.52 Å². The van der Waals surface area contributed by atoms with Crippen molar-refractivity contribution in [2.24, 2.45) is 0 Å². The van der Waals surface area contributed by atoms with Crippen LogP contribution in [-0.2, 0) is 0 Å². The van der Waals surface area contributed by atoms with Gasteiger partial charge in [0.2, 0.25) is 5.89 Å². The number of aliphatic hydroxyl groups is 1. The lowest BCUT2D eigenvalue weighted by molar-refractivity contribution is 0.185. The Morgan fingerprint density at radius 2 is 2.05 bits per heavy atom. The topological polar surface area (TPSA) is 59.2 Å². The molecule has 2 aromatic heterocycles. The summed E-state index contributed by atoms with van der Waals surface area (Å²) in [6.07, 6.45) is 0.664. The number of aromatic nitrogens is 2. The maximum absolute atomic E-state index is 10.4. The summed E-state index contributed by atoms with van der Waals surface area (Å²) in [6.45, 7) is 3.81. The number of nitrogens with zero attached hydrogens (tertiary/aromatic N) is 2. The summed E-state index contributed by atoms with van der Waals surface area (Å²) in [5.41, 5.74) is 3.92. The van der Waals surface area contributed by atoms with Crippen LogP contribution < -0.4 is 0 Å². The van der Waals surface area contributed by atoms with Gasteiger partial charge in [-0.15, -0.1) is 0 Å². The van der Waals surface area contributed by atoms with E-state index in [-0.39, 0.29) is 5.89 Å². The molecule has 1 atom stereocenters. The van der Waals surface area contributed by atoms with E-state index in [1.54, 1.807) is 12.3 Å². The van der Waals surface area contributed by atoms with E-state index >= 15 is 0 Å². The van der Waals surface area contributed by atoms with E-state index in [1.807, 2.05) is 32.0 Å². The molecule has 2 heterocycles. The van der Waals surface area contributed by atoms with Crippen LogP contribution in [0.2, 0.25) is 5.15 Å². The summed E-state index contributed by atoms with van der Waals surface area (Å²) < 4.78 is 5.64. The minimum absolute atomic E-state index is 0.264. The Balaban J connectivity index is 2.10. The molecule has 1 N–H and O–H groups in total. The predicted octanol–water partition coefficient (Wildman–Crippen LogP) is 3.57. The van der Waals surface area contributed by atoms with E-state index in [4.69, 9.17) is 16.0 Å². The third-order valence-corrected chi connectivity index (χ3v) is 3.48. The zero-order valence-electron chi connectivity index (χ0n) is 11.1. The van der Waals surface area contributed by atoms with Crippen molar-refractivity contribution >= 4 is 22.7 Å². The molecule has 20 heavy (non-hydrogen) atoms. The van der Waals surface area contributed by atoms with Gasteiger partial charge >= 0.3 is 0 Å². The van der Waals surface area contributed by atoms with Crippen molar-refractivity contribution in [1.29, 1.82) is 0 Å². The normalized spacial score (nSPS) is 12.8. The highest BCUT2D eigenvalue weighted by Crippen LogP contribution is 2.29. The summed E-state index contributed by atoms with van der Waals surface area (Å²) in [5.74, 6) is 0.264. The standard InChI is InChI=1S/C15H13ClN2O2/c1-8-4-3-5-11-13(8)18-15(20-11)14(19)10-6-12(16)17-7-9(10)2/h3-7,14,19H,1-2H3. The molecule has 0 aliphatic heterocycles. The maximum atomic E-state index is 10.4. The molecule has 0 saturated heterocycles. The summed E-state index contributed by atoms with van der Waals surface area (Å²) in [6, 6.07) is 7.31. The number of rotatable bonds is 2. The van der Waals surface area contributed by atoms with E-state index in [0.29, 0.717) is 16.3 Å². The van der Waals surface area contributed by atoms with Crippen LogP contribution in [0, 0.1) is 13.8 Å². The van der Waals surface area contributed by atoms with Gasteiger partial charge in [0.25, 0.3) is 0 Å². The summed E-state index contributed by atoms with van der Waals surface area (Å²) in [4.78, 5) is 8.35. The molecular weight excluding hydrogens is 276 g/mol. The fourth-order valence-corrected chi connectivity index (χ4v) is 2.33. The second-order valence-electron chi connectivity index (χ2n) is 4.74. The molecule has 1 unspecified atom stereocenters. The second-order valence-corrected chi connectivity index (χ2v) is 5.13. The molecule has 3 aromatic rings. The van der Waals surface area contributed by atoms with Crippen LogP contribution in [0.1, 0.15) is 28.7 Å². The van der Waals surface area contributed by atoms with Crippen LogP contribution >= 0.6 is 11.6 Å². The largest absolute Gasteiger partial charge is 0.437 e. The van der Waals surface area contributed by atoms with Gasteiger partial charge in [-0.3, -0.25) is 0 Å². The zero-order chi connectivity index (χ0) is 14.3. The van der Waals surface area contributed by atoms with Gasteiger partial charge in [0.05, 0.1) is 0 Å². The lowest BCUT2D eigenvalue weighted by atomic mass is 10.1. The van der Waals surface area contributed by atoms with Crippen molar-refractivity contribution in [1.82, 2.24) is 9.97 Å². The molecule has 4 nitrogen and oxygen atoms in total. The molecule has 0 spiro atoms. The first-order chi connectivity index (χ1) is 9.56. The van der Waals surface area contributed by atoms with Gasteiger partial charge in [0, 0.05) is 6.20 Å². The van der Waals surface area contributed by atoms with Crippen molar-refractivity contribution < 1.29 is 9.52 Å². The first-order valence-electron chi connectivity index (χ1n) is 6.22. The summed E-state index contributed by atoms with van der Waals surface area (Å²) >= 11 is 5.88. The molecule has 0 bridgehead atoms. The zero-order valence-corrected chi connectivity index (χ0v) is 11.8. The molecular formula is C15H13ClN2O2. The van der Waals surface area contributed by atoms with Crippen molar-refractivity contribution in [3.05, 3.63) is 58.2 Å². The first-order valence-corrected chi connectivity index (χ1v) is 6.60. The molecule has 0 saturated carbocycles. The Kier molecular flexibility index (Phi) is 3.20. The SMILES string of the molecule is Cc1cnc(Cl)cc1C(O)c1nc2c(C)cccc2o1. The van der Waals surface area contributed by atoms with Gasteiger partial charge in [0.1, 0.15) is 10.7 Å². The Labute approximate surface area is 121 Å². The third-order valence-electron chi connectivity index (χ3n) is 3.28. The Morgan fingerprint density at radius 1 is 1.25 bits per heavy atom. The second kappa shape index (κ2) is 4.89. The lowest BCUT2D eigenvalue weighted by Gasteiger charge is -2.10. The number of benzene rings is 1. The number of oxazole rings is 1. The van der Waals surface area contributed by atoms with Gasteiger partial charge in [-0.25, -0.2) is 9.97 Å². The number of pyridine rings is 1. The van der Waals surface area contributed by atoms with Crippen LogP contribution in [0.4, 0.5) is 0 Å². The van der Waals surface area contributed by atoms with Crippen LogP contribution in [0.25, 0.3) is 11.1 Å². The predicted molar refractivity (Wildman–Crippen MR) is 76.8 cm³/mol. The maximum Gasteiger partial charge on any atom is 0.229 e. The highest BCUT2D eigenvalue weighted by atomic mass is 35.5. The third kappa shape index (κ3) is 2.17. The Bertz CT molecular complexity index is 783. The summed E-state index contributed by atoms with van der Waals surface area (Å²) in [7, 11) is 0. The lowest BCUT2D eigenvalue weighted by Crippen LogP contribution is -2.03. The average molecular weight is 289 g/mol. The van der Waals surface area contributed by atoms with E-state index < -0.39 is 6.10 Å². The minimum Gasteiger partial charge on any atom is -0.437 e. The summed E-state index contributed by atoms with van der Waals surface area (Å²) in [5, 5.41) is 10.8. The number of hydrogen-bond donors (Lipinski definition) is 1. The van der Waals surface area contributed by atoms with Crippen LogP contribution in [0.5, 0.6) is 0 Å². The van der Waals surface area contributed by atoms with Gasteiger partial charge in [0.15, 0.2) is 11.7 Å². The monoisotopic (exact) mass is 288 g/mol. The van der Waals surface area contributed by atoms with E-state index in [2.05, 4.69) is 9.97 Å². The molecule has 0 radical (unpaired) electrons. The van der Waals surface area contributed by atoms with E-state index in [0.717, 1.165) is 16.6 Å². The number of fused-ring (bicyclic) bond motifs is 1. The molecule has 0 aliphatic carbocycles. The molecule has 0 fully saturated rings. The van der Waals surface area contributed by atoms with Crippen molar-refractivity contribution in [2.45, 2.75) is 20.0 Å². The number of hydrogen-bond acceptors (Lipinski definition) is 4. The molecule has 3 rings (SSSR count). The van der Waals surface area contributed by atoms with Gasteiger partial charge in [-0.1, -0.05) is 23.7 Å². The number of para-hydroxylation sites is 1. The average Bonchev–Trinajstić information content (AvgIpc) is 2.86. The van der Waals surface area contributed by atoms with Crippen LogP contribution in [-0.4, -0.2) is 15.1 Å². The van der Waals surface area contributed by atoms with Gasteiger partial charge in [-0.05, 0) is 42.7 Å². The number of aryl methyl sites for hydroxylation is 2. The van der Waals surface area contributed by atoms with E-state index in [1.165, 1.54) is 0 Å². The van der Waals surface area contributed by atoms with Crippen molar-refractivity contribution in [2.75, 3.05) is 0 Å². The number of halogens is 1. The quantitative estimate of drug-likeness (QED) is 0.732. The van der Waals surface area contributed by atoms with Gasteiger partial charge in [-0.2, -0.15) is 0 Å². The van der Waals surface area contributed by atoms with Crippen LogP contribution in [0.15, 0.2) is 34.9 Å². The Hall–Kier alpha value is -1.91.